The largest absolute Gasteiger partial charge is 0.453 e. The average Bonchev–Trinajstić information content (AvgIpc) is 3.48. The van der Waals surface area contributed by atoms with E-state index in [0.29, 0.717) is 35.5 Å². The fraction of sp³-hybridized carbons (Fsp3) is 0.333. The van der Waals surface area contributed by atoms with E-state index >= 15 is 0 Å². The third-order valence-corrected chi connectivity index (χ3v) is 6.73. The predicted octanol–water partition coefficient (Wildman–Crippen LogP) is 2.84. The van der Waals surface area contributed by atoms with E-state index in [1.54, 1.807) is 24.3 Å². The van der Waals surface area contributed by atoms with Crippen molar-refractivity contribution in [2.24, 2.45) is 0 Å². The summed E-state index contributed by atoms with van der Waals surface area (Å²) in [6.07, 6.45) is 7.15. The van der Waals surface area contributed by atoms with Gasteiger partial charge < -0.3 is 20.7 Å². The fourth-order valence-electron chi connectivity index (χ4n) is 4.49. The number of alkyl carbamates (subject to hydrolysis) is 1. The van der Waals surface area contributed by atoms with E-state index < -0.39 is 18.0 Å². The van der Waals surface area contributed by atoms with Gasteiger partial charge in [0.2, 0.25) is 11.8 Å². The SMILES string of the molecule is COC(=O)NC1CCC(NC(=O)C(Cc2ccccc2)NC(=O)C=Cc2cc(Cl)ccc2-n2cnnn2)CC1. The Labute approximate surface area is 230 Å². The van der Waals surface area contributed by atoms with Crippen LogP contribution in [0.2, 0.25) is 5.02 Å². The molecule has 1 unspecified atom stereocenters. The molecule has 12 heteroatoms. The second-order valence-corrected chi connectivity index (χ2v) is 9.67. The molecule has 3 N–H and O–H groups in total. The Morgan fingerprint density at radius 3 is 2.46 bits per heavy atom. The first-order chi connectivity index (χ1) is 18.9. The molecule has 1 saturated carbocycles. The minimum absolute atomic E-state index is 0.0141. The molecule has 1 aliphatic rings. The number of aromatic nitrogens is 4. The summed E-state index contributed by atoms with van der Waals surface area (Å²) in [6.45, 7) is 0. The molecule has 2 aromatic carbocycles. The summed E-state index contributed by atoms with van der Waals surface area (Å²) in [5.41, 5.74) is 2.19. The Morgan fingerprint density at radius 1 is 1.08 bits per heavy atom. The van der Waals surface area contributed by atoms with E-state index in [1.807, 2.05) is 30.3 Å². The van der Waals surface area contributed by atoms with Crippen LogP contribution in [-0.4, -0.2) is 63.4 Å². The second kappa shape index (κ2) is 13.5. The summed E-state index contributed by atoms with van der Waals surface area (Å²) in [7, 11) is 1.33. The first-order valence-corrected chi connectivity index (χ1v) is 13.0. The van der Waals surface area contributed by atoms with Gasteiger partial charge in [-0.3, -0.25) is 9.59 Å². The van der Waals surface area contributed by atoms with Gasteiger partial charge >= 0.3 is 6.09 Å². The fourth-order valence-corrected chi connectivity index (χ4v) is 4.67. The second-order valence-electron chi connectivity index (χ2n) is 9.23. The highest BCUT2D eigenvalue weighted by atomic mass is 35.5. The Morgan fingerprint density at radius 2 is 1.79 bits per heavy atom. The van der Waals surface area contributed by atoms with Crippen LogP contribution in [0, 0.1) is 0 Å². The van der Waals surface area contributed by atoms with Gasteiger partial charge in [0.05, 0.1) is 12.8 Å². The predicted molar refractivity (Wildman–Crippen MR) is 145 cm³/mol. The van der Waals surface area contributed by atoms with Crippen LogP contribution in [0.4, 0.5) is 4.79 Å². The molecule has 39 heavy (non-hydrogen) atoms. The summed E-state index contributed by atoms with van der Waals surface area (Å²) in [6, 6.07) is 13.8. The van der Waals surface area contributed by atoms with Crippen LogP contribution >= 0.6 is 11.6 Å². The molecule has 1 aliphatic carbocycles. The molecule has 0 saturated heterocycles. The topological polar surface area (TPSA) is 140 Å². The van der Waals surface area contributed by atoms with Crippen molar-refractivity contribution < 1.29 is 19.1 Å². The third-order valence-electron chi connectivity index (χ3n) is 6.50. The van der Waals surface area contributed by atoms with Crippen LogP contribution < -0.4 is 16.0 Å². The number of hydrogen-bond donors (Lipinski definition) is 3. The third kappa shape index (κ3) is 8.11. The van der Waals surface area contributed by atoms with Crippen LogP contribution in [0.5, 0.6) is 0 Å². The van der Waals surface area contributed by atoms with Crippen molar-refractivity contribution in [1.29, 1.82) is 0 Å². The standard InChI is InChI=1S/C27H30ClN7O4/c1-39-27(38)31-22-11-9-21(10-12-22)30-26(37)23(15-18-5-3-2-4-6-18)32-25(36)14-7-19-16-20(28)8-13-24(19)35-17-29-33-34-35/h2-8,13-14,16-17,21-23H,9-12,15H2,1H3,(H,30,37)(H,31,38)(H,32,36). The van der Waals surface area contributed by atoms with E-state index in [0.717, 1.165) is 18.4 Å². The molecule has 0 bridgehead atoms. The zero-order chi connectivity index (χ0) is 27.6. The first-order valence-electron chi connectivity index (χ1n) is 12.6. The zero-order valence-corrected chi connectivity index (χ0v) is 22.2. The maximum Gasteiger partial charge on any atom is 0.407 e. The molecule has 1 heterocycles. The van der Waals surface area contributed by atoms with Crippen molar-refractivity contribution in [1.82, 2.24) is 36.2 Å². The molecule has 1 aromatic heterocycles. The minimum atomic E-state index is -0.784. The molecule has 3 amide bonds. The minimum Gasteiger partial charge on any atom is -0.453 e. The quantitative estimate of drug-likeness (QED) is 0.347. The molecule has 0 aliphatic heterocycles. The van der Waals surface area contributed by atoms with Gasteiger partial charge in [0, 0.05) is 35.2 Å². The highest BCUT2D eigenvalue weighted by Crippen LogP contribution is 2.21. The number of nitrogens with zero attached hydrogens (tertiary/aromatic N) is 4. The number of hydrogen-bond acceptors (Lipinski definition) is 7. The monoisotopic (exact) mass is 551 g/mol. The molecule has 4 rings (SSSR count). The van der Waals surface area contributed by atoms with E-state index in [-0.39, 0.29) is 18.0 Å². The van der Waals surface area contributed by atoms with Gasteiger partial charge in [-0.2, -0.15) is 4.68 Å². The van der Waals surface area contributed by atoms with Crippen molar-refractivity contribution >= 4 is 35.6 Å². The number of nitrogens with one attached hydrogen (secondary N) is 3. The van der Waals surface area contributed by atoms with E-state index in [9.17, 15) is 14.4 Å². The number of carbonyl (C=O) groups is 3. The van der Waals surface area contributed by atoms with Crippen molar-refractivity contribution in [2.75, 3.05) is 7.11 Å². The van der Waals surface area contributed by atoms with Crippen LogP contribution in [0.25, 0.3) is 11.8 Å². The molecule has 1 atom stereocenters. The number of tetrazole rings is 1. The Kier molecular flexibility index (Phi) is 9.63. The zero-order valence-electron chi connectivity index (χ0n) is 21.4. The number of carbonyl (C=O) groups excluding carboxylic acids is 3. The normalized spacial score (nSPS) is 17.8. The molecular formula is C27H30ClN7O4. The summed E-state index contributed by atoms with van der Waals surface area (Å²) < 4.78 is 6.13. The maximum atomic E-state index is 13.3. The summed E-state index contributed by atoms with van der Waals surface area (Å²) in [5.74, 6) is -0.693. The number of methoxy groups -OCH3 is 1. The Hall–Kier alpha value is -4.25. The highest BCUT2D eigenvalue weighted by molar-refractivity contribution is 6.30. The lowest BCUT2D eigenvalue weighted by molar-refractivity contribution is -0.127. The number of ether oxygens (including phenoxy) is 1. The van der Waals surface area contributed by atoms with E-state index in [4.69, 9.17) is 11.6 Å². The summed E-state index contributed by atoms with van der Waals surface area (Å²) in [5, 5.41) is 20.4. The van der Waals surface area contributed by atoms with Crippen LogP contribution in [0.15, 0.2) is 60.9 Å². The molecular weight excluding hydrogens is 522 g/mol. The lowest BCUT2D eigenvalue weighted by Gasteiger charge is -2.30. The van der Waals surface area contributed by atoms with Gasteiger partial charge in [0.15, 0.2) is 0 Å². The smallest absolute Gasteiger partial charge is 0.407 e. The molecule has 1 fully saturated rings. The molecule has 11 nitrogen and oxygen atoms in total. The lowest BCUT2D eigenvalue weighted by atomic mass is 9.91. The van der Waals surface area contributed by atoms with Gasteiger partial charge in [-0.15, -0.1) is 5.10 Å². The number of benzene rings is 2. The first kappa shape index (κ1) is 27.8. The summed E-state index contributed by atoms with van der Waals surface area (Å²) >= 11 is 6.17. The van der Waals surface area contributed by atoms with Crippen LogP contribution in [-0.2, 0) is 20.7 Å². The van der Waals surface area contributed by atoms with Gasteiger partial charge in [0.25, 0.3) is 0 Å². The van der Waals surface area contributed by atoms with Crippen molar-refractivity contribution in [3.63, 3.8) is 0 Å². The van der Waals surface area contributed by atoms with Gasteiger partial charge in [0.1, 0.15) is 12.4 Å². The molecule has 0 radical (unpaired) electrons. The summed E-state index contributed by atoms with van der Waals surface area (Å²) in [4.78, 5) is 37.7. The molecule has 0 spiro atoms. The van der Waals surface area contributed by atoms with Gasteiger partial charge in [-0.25, -0.2) is 4.79 Å². The lowest BCUT2D eigenvalue weighted by Crippen LogP contribution is -2.52. The van der Waals surface area contributed by atoms with Gasteiger partial charge in [-0.1, -0.05) is 41.9 Å². The number of halogens is 1. The van der Waals surface area contributed by atoms with Crippen LogP contribution in [0.1, 0.15) is 36.8 Å². The van der Waals surface area contributed by atoms with Gasteiger partial charge in [-0.05, 0) is 65.9 Å². The van der Waals surface area contributed by atoms with E-state index in [2.05, 4.69) is 36.2 Å². The van der Waals surface area contributed by atoms with E-state index in [1.165, 1.54) is 24.2 Å². The average molecular weight is 552 g/mol. The number of amides is 3. The highest BCUT2D eigenvalue weighted by Gasteiger charge is 2.27. The molecule has 204 valence electrons. The molecule has 3 aromatic rings. The van der Waals surface area contributed by atoms with Crippen molar-refractivity contribution in [2.45, 2.75) is 50.2 Å². The Balaban J connectivity index is 1.42. The van der Waals surface area contributed by atoms with Crippen molar-refractivity contribution in [3.05, 3.63) is 77.1 Å². The number of rotatable bonds is 9. The van der Waals surface area contributed by atoms with Crippen molar-refractivity contribution in [3.8, 4) is 5.69 Å². The maximum absolute atomic E-state index is 13.3. The van der Waals surface area contributed by atoms with Crippen LogP contribution in [0.3, 0.4) is 0 Å². The Bertz CT molecular complexity index is 1290.